The summed E-state index contributed by atoms with van der Waals surface area (Å²) in [5, 5.41) is 2.79. The van der Waals surface area contributed by atoms with Crippen molar-refractivity contribution in [3.63, 3.8) is 0 Å². The van der Waals surface area contributed by atoms with Gasteiger partial charge in [0.1, 0.15) is 0 Å². The lowest BCUT2D eigenvalue weighted by atomic mass is 9.97. The summed E-state index contributed by atoms with van der Waals surface area (Å²) in [6.45, 7) is -0.413. The van der Waals surface area contributed by atoms with E-state index < -0.39 is 23.9 Å². The Bertz CT molecular complexity index is 592. The van der Waals surface area contributed by atoms with Crippen molar-refractivity contribution in [2.24, 2.45) is 5.92 Å². The summed E-state index contributed by atoms with van der Waals surface area (Å²) in [6, 6.07) is 6.18. The molecule has 0 saturated carbocycles. The molecule has 2 rings (SSSR count). The smallest absolute Gasteiger partial charge is 0.343 e. The number of carbonyl (C=O) groups excluding carboxylic acids is 2. The van der Waals surface area contributed by atoms with Crippen molar-refractivity contribution in [1.82, 2.24) is 10.2 Å². The van der Waals surface area contributed by atoms with Crippen LogP contribution in [-0.4, -0.2) is 42.5 Å². The summed E-state index contributed by atoms with van der Waals surface area (Å²) in [5.41, 5.74) is 0.289. The molecular weight excluding hydrogens is 333 g/mol. The van der Waals surface area contributed by atoms with E-state index in [4.69, 9.17) is 11.6 Å². The van der Waals surface area contributed by atoms with Crippen LogP contribution in [0.1, 0.15) is 23.2 Å². The first kappa shape index (κ1) is 17.6. The molecule has 1 heterocycles. The summed E-state index contributed by atoms with van der Waals surface area (Å²) in [7, 11) is 0. The van der Waals surface area contributed by atoms with Crippen molar-refractivity contribution in [2.75, 3.05) is 19.6 Å². The van der Waals surface area contributed by atoms with Crippen molar-refractivity contribution in [2.45, 2.75) is 19.0 Å². The molecule has 1 saturated heterocycles. The summed E-state index contributed by atoms with van der Waals surface area (Å²) >= 11 is 5.77. The van der Waals surface area contributed by atoms with Gasteiger partial charge < -0.3 is 10.2 Å². The van der Waals surface area contributed by atoms with E-state index in [2.05, 4.69) is 5.32 Å². The standard InChI is InChI=1S/C15H16ClF3N2O2/c16-12-5-1-3-10(7-12)14(23)20-8-13(22)21-6-2-4-11(9-21)15(17,18)19/h1,3,5,7,11H,2,4,6,8-9H2,(H,20,23). The number of nitrogens with zero attached hydrogens (tertiary/aromatic N) is 1. The van der Waals surface area contributed by atoms with Gasteiger partial charge in [-0.2, -0.15) is 13.2 Å². The van der Waals surface area contributed by atoms with E-state index >= 15 is 0 Å². The quantitative estimate of drug-likeness (QED) is 0.913. The third-order valence-electron chi connectivity index (χ3n) is 3.72. The average Bonchev–Trinajstić information content (AvgIpc) is 2.51. The fourth-order valence-electron chi connectivity index (χ4n) is 2.47. The van der Waals surface area contributed by atoms with E-state index in [0.717, 1.165) is 4.90 Å². The molecule has 2 amide bonds. The first-order valence-corrected chi connectivity index (χ1v) is 7.53. The van der Waals surface area contributed by atoms with E-state index in [1.54, 1.807) is 12.1 Å². The maximum Gasteiger partial charge on any atom is 0.393 e. The average molecular weight is 349 g/mol. The Labute approximate surface area is 136 Å². The molecule has 126 valence electrons. The van der Waals surface area contributed by atoms with E-state index in [9.17, 15) is 22.8 Å². The fourth-order valence-corrected chi connectivity index (χ4v) is 2.66. The SMILES string of the molecule is O=C(NCC(=O)N1CCCC(C(F)(F)F)C1)c1cccc(Cl)c1. The Balaban J connectivity index is 1.88. The Morgan fingerprint density at radius 1 is 1.35 bits per heavy atom. The normalized spacial score (nSPS) is 18.6. The molecule has 0 bridgehead atoms. The molecule has 0 aliphatic carbocycles. The number of nitrogens with one attached hydrogen (secondary N) is 1. The zero-order chi connectivity index (χ0) is 17.0. The summed E-state index contributed by atoms with van der Waals surface area (Å²) in [4.78, 5) is 25.0. The molecule has 0 aromatic heterocycles. The van der Waals surface area contributed by atoms with Crippen LogP contribution in [0.2, 0.25) is 5.02 Å². The molecule has 0 radical (unpaired) electrons. The summed E-state index contributed by atoms with van der Waals surface area (Å²) in [5.74, 6) is -2.51. The largest absolute Gasteiger partial charge is 0.393 e. The molecule has 1 aromatic carbocycles. The van der Waals surface area contributed by atoms with Gasteiger partial charge in [-0.15, -0.1) is 0 Å². The van der Waals surface area contributed by atoms with Crippen LogP contribution in [0.3, 0.4) is 0 Å². The van der Waals surface area contributed by atoms with Gasteiger partial charge >= 0.3 is 6.18 Å². The number of rotatable bonds is 3. The van der Waals surface area contributed by atoms with E-state index in [-0.39, 0.29) is 31.6 Å². The monoisotopic (exact) mass is 348 g/mol. The second-order valence-corrected chi connectivity index (χ2v) is 5.85. The van der Waals surface area contributed by atoms with Crippen molar-refractivity contribution in [3.8, 4) is 0 Å². The number of benzene rings is 1. The lowest BCUT2D eigenvalue weighted by molar-refractivity contribution is -0.187. The topological polar surface area (TPSA) is 49.4 Å². The lowest BCUT2D eigenvalue weighted by Crippen LogP contribution is -2.48. The number of alkyl halides is 3. The zero-order valence-corrected chi connectivity index (χ0v) is 13.0. The Morgan fingerprint density at radius 3 is 2.74 bits per heavy atom. The molecule has 1 fully saturated rings. The third kappa shape index (κ3) is 4.86. The minimum absolute atomic E-state index is 0.0299. The lowest BCUT2D eigenvalue weighted by Gasteiger charge is -2.33. The first-order valence-electron chi connectivity index (χ1n) is 7.15. The van der Waals surface area contributed by atoms with Crippen molar-refractivity contribution >= 4 is 23.4 Å². The summed E-state index contributed by atoms with van der Waals surface area (Å²) in [6.07, 6.45) is -3.97. The molecule has 1 atom stereocenters. The highest BCUT2D eigenvalue weighted by Gasteiger charge is 2.42. The highest BCUT2D eigenvalue weighted by Crippen LogP contribution is 2.33. The molecule has 4 nitrogen and oxygen atoms in total. The molecule has 1 N–H and O–H groups in total. The minimum Gasteiger partial charge on any atom is -0.343 e. The highest BCUT2D eigenvalue weighted by atomic mass is 35.5. The van der Waals surface area contributed by atoms with Gasteiger partial charge in [0.05, 0.1) is 12.5 Å². The van der Waals surface area contributed by atoms with Crippen LogP contribution in [0.4, 0.5) is 13.2 Å². The Morgan fingerprint density at radius 2 is 2.09 bits per heavy atom. The van der Waals surface area contributed by atoms with Crippen LogP contribution >= 0.6 is 11.6 Å². The van der Waals surface area contributed by atoms with E-state index in [1.165, 1.54) is 12.1 Å². The van der Waals surface area contributed by atoms with Crippen molar-refractivity contribution in [1.29, 1.82) is 0 Å². The fraction of sp³-hybridized carbons (Fsp3) is 0.467. The minimum atomic E-state index is -4.30. The van der Waals surface area contributed by atoms with Crippen LogP contribution < -0.4 is 5.32 Å². The van der Waals surface area contributed by atoms with Gasteiger partial charge in [0.2, 0.25) is 5.91 Å². The number of piperidine rings is 1. The number of amides is 2. The van der Waals surface area contributed by atoms with Crippen molar-refractivity contribution in [3.05, 3.63) is 34.9 Å². The van der Waals surface area contributed by atoms with Crippen LogP contribution in [0.5, 0.6) is 0 Å². The number of hydrogen-bond acceptors (Lipinski definition) is 2. The molecular formula is C15H16ClF3N2O2. The number of carbonyl (C=O) groups is 2. The second-order valence-electron chi connectivity index (χ2n) is 5.41. The van der Waals surface area contributed by atoms with E-state index in [0.29, 0.717) is 11.4 Å². The molecule has 8 heteroatoms. The Kier molecular flexibility index (Phi) is 5.51. The predicted molar refractivity (Wildman–Crippen MR) is 79.1 cm³/mol. The number of hydrogen-bond donors (Lipinski definition) is 1. The molecule has 1 aliphatic rings. The summed E-state index contributed by atoms with van der Waals surface area (Å²) < 4.78 is 38.2. The van der Waals surface area contributed by atoms with Gasteiger partial charge in [0.15, 0.2) is 0 Å². The van der Waals surface area contributed by atoms with Gasteiger partial charge in [-0.05, 0) is 31.0 Å². The molecule has 23 heavy (non-hydrogen) atoms. The van der Waals surface area contributed by atoms with Gasteiger partial charge in [0.25, 0.3) is 5.91 Å². The molecule has 1 unspecified atom stereocenters. The Hall–Kier alpha value is -1.76. The molecule has 0 spiro atoms. The second kappa shape index (κ2) is 7.21. The van der Waals surface area contributed by atoms with Gasteiger partial charge in [-0.25, -0.2) is 0 Å². The maximum absolute atomic E-state index is 12.7. The highest BCUT2D eigenvalue weighted by molar-refractivity contribution is 6.30. The number of likely N-dealkylation sites (tertiary alicyclic amines) is 1. The zero-order valence-electron chi connectivity index (χ0n) is 12.2. The number of halogens is 4. The van der Waals surface area contributed by atoms with Crippen LogP contribution in [0.25, 0.3) is 0 Å². The maximum atomic E-state index is 12.7. The first-order chi connectivity index (χ1) is 10.8. The van der Waals surface area contributed by atoms with Gasteiger partial charge in [-0.3, -0.25) is 9.59 Å². The van der Waals surface area contributed by atoms with Gasteiger partial charge in [-0.1, -0.05) is 17.7 Å². The third-order valence-corrected chi connectivity index (χ3v) is 3.96. The molecule has 1 aliphatic heterocycles. The van der Waals surface area contributed by atoms with Gasteiger partial charge in [0, 0.05) is 23.7 Å². The van der Waals surface area contributed by atoms with Crippen molar-refractivity contribution < 1.29 is 22.8 Å². The van der Waals surface area contributed by atoms with E-state index in [1.807, 2.05) is 0 Å². The van der Waals surface area contributed by atoms with Crippen LogP contribution in [-0.2, 0) is 4.79 Å². The molecule has 1 aromatic rings. The van der Waals surface area contributed by atoms with Crippen LogP contribution in [0.15, 0.2) is 24.3 Å². The van der Waals surface area contributed by atoms with Crippen LogP contribution in [0, 0.1) is 5.92 Å². The predicted octanol–water partition coefficient (Wildman–Crippen LogP) is 2.87.